The van der Waals surface area contributed by atoms with Gasteiger partial charge in [-0.25, -0.2) is 9.97 Å². The first-order chi connectivity index (χ1) is 9.50. The highest BCUT2D eigenvalue weighted by molar-refractivity contribution is 6.20. The number of halogens is 1. The third-order valence-electron chi connectivity index (χ3n) is 4.59. The van der Waals surface area contributed by atoms with Gasteiger partial charge in [0.05, 0.1) is 5.38 Å². The minimum atomic E-state index is -0.0954. The van der Waals surface area contributed by atoms with Gasteiger partial charge in [-0.1, -0.05) is 26.7 Å². The van der Waals surface area contributed by atoms with Crippen LogP contribution in [-0.4, -0.2) is 14.5 Å². The van der Waals surface area contributed by atoms with Gasteiger partial charge in [0, 0.05) is 12.2 Å². The largest absolute Gasteiger partial charge is 0.308 e. The molecule has 0 amide bonds. The number of nitrogens with zero attached hydrogens (tertiary/aromatic N) is 3. The maximum atomic E-state index is 6.38. The van der Waals surface area contributed by atoms with Gasteiger partial charge in [0.1, 0.15) is 11.3 Å². The Morgan fingerprint density at radius 2 is 2.20 bits per heavy atom. The van der Waals surface area contributed by atoms with E-state index in [9.17, 15) is 0 Å². The molecule has 1 fully saturated rings. The molecule has 2 unspecified atom stereocenters. The molecule has 0 aromatic carbocycles. The SMILES string of the molecule is CC(Cl)c1nc2cccnc2n1C1CCCCC1(C)C. The van der Waals surface area contributed by atoms with Gasteiger partial charge in [0.15, 0.2) is 5.65 Å². The van der Waals surface area contributed by atoms with E-state index in [1.807, 2.05) is 25.3 Å². The van der Waals surface area contributed by atoms with Crippen molar-refractivity contribution in [3.8, 4) is 0 Å². The number of imidazole rings is 1. The summed E-state index contributed by atoms with van der Waals surface area (Å²) in [5, 5.41) is -0.0954. The zero-order chi connectivity index (χ0) is 14.3. The lowest BCUT2D eigenvalue weighted by atomic mass is 9.73. The van der Waals surface area contributed by atoms with Crippen molar-refractivity contribution in [3.63, 3.8) is 0 Å². The molecule has 20 heavy (non-hydrogen) atoms. The first kappa shape index (κ1) is 13.9. The Balaban J connectivity index is 2.20. The van der Waals surface area contributed by atoms with Crippen LogP contribution in [0.5, 0.6) is 0 Å². The van der Waals surface area contributed by atoms with Gasteiger partial charge < -0.3 is 4.57 Å². The number of aromatic nitrogens is 3. The maximum absolute atomic E-state index is 6.38. The van der Waals surface area contributed by atoms with Crippen LogP contribution in [0, 0.1) is 5.41 Å². The first-order valence-electron chi connectivity index (χ1n) is 7.47. The molecule has 0 aliphatic heterocycles. The summed E-state index contributed by atoms with van der Waals surface area (Å²) in [5.41, 5.74) is 2.20. The van der Waals surface area contributed by atoms with Crippen molar-refractivity contribution in [2.45, 2.75) is 57.9 Å². The van der Waals surface area contributed by atoms with E-state index in [1.165, 1.54) is 25.7 Å². The normalized spacial score (nSPS) is 23.9. The summed E-state index contributed by atoms with van der Waals surface area (Å²) in [5.74, 6) is 0.959. The van der Waals surface area contributed by atoms with E-state index in [0.717, 1.165) is 17.0 Å². The Bertz CT molecular complexity index is 615. The van der Waals surface area contributed by atoms with Crippen LogP contribution in [0.2, 0.25) is 0 Å². The second-order valence-corrected chi connectivity index (χ2v) is 7.21. The standard InChI is InChI=1S/C16H22ClN3/c1-11(17)14-19-12-7-6-10-18-15(12)20(14)13-8-4-5-9-16(13,2)3/h6-7,10-11,13H,4-5,8-9H2,1-3H3. The maximum Gasteiger partial charge on any atom is 0.160 e. The lowest BCUT2D eigenvalue weighted by Gasteiger charge is -2.40. The number of rotatable bonds is 2. The third kappa shape index (κ3) is 2.22. The molecule has 3 rings (SSSR count). The number of pyridine rings is 1. The van der Waals surface area contributed by atoms with Gasteiger partial charge >= 0.3 is 0 Å². The van der Waals surface area contributed by atoms with Crippen LogP contribution in [0.4, 0.5) is 0 Å². The van der Waals surface area contributed by atoms with Crippen molar-refractivity contribution in [1.82, 2.24) is 14.5 Å². The van der Waals surface area contributed by atoms with E-state index in [2.05, 4.69) is 23.4 Å². The average molecular weight is 292 g/mol. The summed E-state index contributed by atoms with van der Waals surface area (Å²) in [7, 11) is 0. The van der Waals surface area contributed by atoms with Crippen molar-refractivity contribution >= 4 is 22.8 Å². The van der Waals surface area contributed by atoms with Crippen LogP contribution in [0.3, 0.4) is 0 Å². The van der Waals surface area contributed by atoms with Crippen LogP contribution < -0.4 is 0 Å². The summed E-state index contributed by atoms with van der Waals surface area (Å²) < 4.78 is 2.31. The zero-order valence-corrected chi connectivity index (χ0v) is 13.2. The molecule has 0 spiro atoms. The summed E-state index contributed by atoms with van der Waals surface area (Å²) in [6, 6.07) is 4.40. The fourth-order valence-electron chi connectivity index (χ4n) is 3.49. The van der Waals surface area contributed by atoms with E-state index in [0.29, 0.717) is 6.04 Å². The Labute approximate surface area is 125 Å². The van der Waals surface area contributed by atoms with Crippen molar-refractivity contribution in [3.05, 3.63) is 24.2 Å². The van der Waals surface area contributed by atoms with Crippen molar-refractivity contribution in [1.29, 1.82) is 0 Å². The third-order valence-corrected chi connectivity index (χ3v) is 4.79. The summed E-state index contributed by atoms with van der Waals surface area (Å²) >= 11 is 6.38. The lowest BCUT2D eigenvalue weighted by molar-refractivity contribution is 0.144. The van der Waals surface area contributed by atoms with E-state index < -0.39 is 0 Å². The molecule has 108 valence electrons. The minimum Gasteiger partial charge on any atom is -0.308 e. The zero-order valence-electron chi connectivity index (χ0n) is 12.4. The Kier molecular flexibility index (Phi) is 3.49. The molecule has 1 aliphatic carbocycles. The molecule has 0 saturated heterocycles. The molecule has 2 heterocycles. The molecule has 2 atom stereocenters. The van der Waals surface area contributed by atoms with Crippen molar-refractivity contribution in [2.75, 3.05) is 0 Å². The Hall–Kier alpha value is -1.09. The lowest BCUT2D eigenvalue weighted by Crippen LogP contribution is -2.31. The molecule has 0 radical (unpaired) electrons. The highest BCUT2D eigenvalue weighted by Crippen LogP contribution is 2.46. The number of hydrogen-bond donors (Lipinski definition) is 0. The predicted molar refractivity (Wildman–Crippen MR) is 83.1 cm³/mol. The van der Waals surface area contributed by atoms with Crippen LogP contribution in [0.25, 0.3) is 11.2 Å². The van der Waals surface area contributed by atoms with Crippen LogP contribution in [0.1, 0.15) is 63.7 Å². The van der Waals surface area contributed by atoms with Crippen LogP contribution in [0.15, 0.2) is 18.3 Å². The van der Waals surface area contributed by atoms with Gasteiger partial charge in [-0.15, -0.1) is 11.6 Å². The van der Waals surface area contributed by atoms with Gasteiger partial charge in [-0.3, -0.25) is 0 Å². The average Bonchev–Trinajstić information content (AvgIpc) is 2.78. The molecular formula is C16H22ClN3. The van der Waals surface area contributed by atoms with Crippen LogP contribution >= 0.6 is 11.6 Å². The fourth-order valence-corrected chi connectivity index (χ4v) is 3.64. The molecule has 0 bridgehead atoms. The second-order valence-electron chi connectivity index (χ2n) is 6.55. The highest BCUT2D eigenvalue weighted by Gasteiger charge is 2.36. The van der Waals surface area contributed by atoms with E-state index in [-0.39, 0.29) is 10.8 Å². The Morgan fingerprint density at radius 1 is 1.40 bits per heavy atom. The Morgan fingerprint density at radius 3 is 2.90 bits per heavy atom. The van der Waals surface area contributed by atoms with E-state index >= 15 is 0 Å². The van der Waals surface area contributed by atoms with Gasteiger partial charge in [-0.05, 0) is 37.3 Å². The fraction of sp³-hybridized carbons (Fsp3) is 0.625. The molecule has 2 aromatic heterocycles. The molecule has 2 aromatic rings. The monoisotopic (exact) mass is 291 g/mol. The quantitative estimate of drug-likeness (QED) is 0.739. The smallest absolute Gasteiger partial charge is 0.160 e. The van der Waals surface area contributed by atoms with Gasteiger partial charge in [0.2, 0.25) is 0 Å². The minimum absolute atomic E-state index is 0.0954. The molecular weight excluding hydrogens is 270 g/mol. The number of fused-ring (bicyclic) bond motifs is 1. The summed E-state index contributed by atoms with van der Waals surface area (Å²) in [6.45, 7) is 6.71. The van der Waals surface area contributed by atoms with Gasteiger partial charge in [-0.2, -0.15) is 0 Å². The van der Waals surface area contributed by atoms with Crippen LogP contribution in [-0.2, 0) is 0 Å². The highest BCUT2D eigenvalue weighted by atomic mass is 35.5. The molecule has 1 saturated carbocycles. The summed E-state index contributed by atoms with van der Waals surface area (Å²) in [6.07, 6.45) is 6.87. The number of alkyl halides is 1. The van der Waals surface area contributed by atoms with Crippen molar-refractivity contribution in [2.24, 2.45) is 5.41 Å². The predicted octanol–water partition coefficient (Wildman–Crippen LogP) is 4.87. The van der Waals surface area contributed by atoms with E-state index in [1.54, 1.807) is 0 Å². The van der Waals surface area contributed by atoms with Crippen molar-refractivity contribution < 1.29 is 0 Å². The molecule has 3 nitrogen and oxygen atoms in total. The molecule has 1 aliphatic rings. The van der Waals surface area contributed by atoms with Gasteiger partial charge in [0.25, 0.3) is 0 Å². The molecule has 4 heteroatoms. The molecule has 0 N–H and O–H groups in total. The first-order valence-corrected chi connectivity index (χ1v) is 7.91. The second kappa shape index (κ2) is 5.03. The topological polar surface area (TPSA) is 30.7 Å². The summed E-state index contributed by atoms with van der Waals surface area (Å²) in [4.78, 5) is 9.29. The van der Waals surface area contributed by atoms with E-state index in [4.69, 9.17) is 16.6 Å². The number of hydrogen-bond acceptors (Lipinski definition) is 2.